The molecule has 0 bridgehead atoms. The van der Waals surface area contributed by atoms with Crippen molar-refractivity contribution in [2.45, 2.75) is 45.1 Å². The molecule has 8 nitrogen and oxygen atoms in total. The van der Waals surface area contributed by atoms with Crippen molar-refractivity contribution < 1.29 is 29.3 Å². The fourth-order valence-corrected chi connectivity index (χ4v) is 1.67. The lowest BCUT2D eigenvalue weighted by atomic mass is 9.98. The van der Waals surface area contributed by atoms with Gasteiger partial charge in [-0.2, -0.15) is 0 Å². The Kier molecular flexibility index (Phi) is 5.07. The van der Waals surface area contributed by atoms with Crippen LogP contribution >= 0.6 is 0 Å². The minimum atomic E-state index is -1.13. The lowest BCUT2D eigenvalue weighted by Gasteiger charge is -2.19. The maximum absolute atomic E-state index is 11.8. The smallest absolute Gasteiger partial charge is 0.419 e. The molecule has 21 heavy (non-hydrogen) atoms. The summed E-state index contributed by atoms with van der Waals surface area (Å²) < 4.78 is 6.20. The van der Waals surface area contributed by atoms with E-state index in [9.17, 15) is 14.4 Å². The Morgan fingerprint density at radius 2 is 1.76 bits per heavy atom. The predicted octanol–water partition coefficient (Wildman–Crippen LogP) is 1.70. The van der Waals surface area contributed by atoms with Crippen molar-refractivity contribution >= 4 is 18.0 Å². The van der Waals surface area contributed by atoms with Crippen LogP contribution in [-0.2, 0) is 14.3 Å². The minimum absolute atomic E-state index is 0.227. The Bertz CT molecular complexity index is 527. The third kappa shape index (κ3) is 5.64. The molecule has 0 unspecified atom stereocenters. The fraction of sp³-hybridized carbons (Fsp3) is 0.538. The number of aliphatic carboxylic acids is 2. The molecule has 0 radical (unpaired) electrons. The maximum atomic E-state index is 11.8. The van der Waals surface area contributed by atoms with Crippen molar-refractivity contribution in [3.8, 4) is 0 Å². The number of rotatable bonds is 5. The van der Waals surface area contributed by atoms with Gasteiger partial charge in [-0.25, -0.2) is 14.3 Å². The number of imidazole rings is 1. The molecule has 0 saturated heterocycles. The Hall–Kier alpha value is -2.38. The van der Waals surface area contributed by atoms with Crippen molar-refractivity contribution in [3.05, 3.63) is 18.2 Å². The number of aromatic nitrogens is 2. The highest BCUT2D eigenvalue weighted by Crippen LogP contribution is 2.22. The Labute approximate surface area is 121 Å². The molecule has 1 rings (SSSR count). The first kappa shape index (κ1) is 16.7. The van der Waals surface area contributed by atoms with Gasteiger partial charge in [0.05, 0.1) is 18.5 Å². The summed E-state index contributed by atoms with van der Waals surface area (Å²) >= 11 is 0. The third-order valence-electron chi connectivity index (χ3n) is 2.47. The lowest BCUT2D eigenvalue weighted by molar-refractivity contribution is -0.139. The van der Waals surface area contributed by atoms with Crippen LogP contribution in [0.2, 0.25) is 0 Å². The Balaban J connectivity index is 2.90. The Morgan fingerprint density at radius 3 is 2.19 bits per heavy atom. The largest absolute Gasteiger partial charge is 0.481 e. The molecule has 0 fully saturated rings. The molecular weight excluding hydrogens is 280 g/mol. The number of carboxylic acids is 2. The van der Waals surface area contributed by atoms with E-state index < -0.39 is 29.6 Å². The van der Waals surface area contributed by atoms with E-state index in [1.807, 2.05) is 0 Å². The number of hydrogen-bond donors (Lipinski definition) is 2. The first-order valence-corrected chi connectivity index (χ1v) is 6.29. The molecule has 1 aromatic rings. The molecule has 0 aromatic carbocycles. The summed E-state index contributed by atoms with van der Waals surface area (Å²) in [6.07, 6.45) is 1.06. The summed E-state index contributed by atoms with van der Waals surface area (Å²) in [5, 5.41) is 17.6. The van der Waals surface area contributed by atoms with Gasteiger partial charge in [-0.05, 0) is 20.8 Å². The van der Waals surface area contributed by atoms with E-state index in [4.69, 9.17) is 14.9 Å². The molecule has 0 amide bonds. The molecule has 0 aliphatic carbocycles. The second-order valence-electron chi connectivity index (χ2n) is 5.58. The topological polar surface area (TPSA) is 119 Å². The van der Waals surface area contributed by atoms with Gasteiger partial charge in [-0.3, -0.25) is 9.59 Å². The highest BCUT2D eigenvalue weighted by atomic mass is 16.6. The summed E-state index contributed by atoms with van der Waals surface area (Å²) in [7, 11) is 0. The van der Waals surface area contributed by atoms with Crippen LogP contribution in [0.5, 0.6) is 0 Å². The Morgan fingerprint density at radius 1 is 1.24 bits per heavy atom. The number of nitrogens with zero attached hydrogens (tertiary/aromatic N) is 2. The average molecular weight is 298 g/mol. The van der Waals surface area contributed by atoms with Crippen LogP contribution in [0.3, 0.4) is 0 Å². The molecular formula is C13H18N2O6. The zero-order chi connectivity index (χ0) is 16.2. The number of carbonyl (C=O) groups is 3. The predicted molar refractivity (Wildman–Crippen MR) is 71.1 cm³/mol. The quantitative estimate of drug-likeness (QED) is 0.849. The van der Waals surface area contributed by atoms with Crippen LogP contribution in [0, 0.1) is 0 Å². The van der Waals surface area contributed by atoms with E-state index in [0.29, 0.717) is 0 Å². The maximum Gasteiger partial charge on any atom is 0.419 e. The van der Waals surface area contributed by atoms with Crippen molar-refractivity contribution in [2.75, 3.05) is 0 Å². The molecule has 1 aromatic heterocycles. The first-order chi connectivity index (χ1) is 9.58. The summed E-state index contributed by atoms with van der Waals surface area (Å²) in [6, 6.07) is 0. The number of ether oxygens (including phenoxy) is 1. The van der Waals surface area contributed by atoms with Crippen LogP contribution in [0.15, 0.2) is 12.5 Å². The van der Waals surface area contributed by atoms with Crippen molar-refractivity contribution in [1.82, 2.24) is 9.55 Å². The summed E-state index contributed by atoms with van der Waals surface area (Å²) in [4.78, 5) is 37.3. The van der Waals surface area contributed by atoms with Gasteiger partial charge in [0.25, 0.3) is 0 Å². The van der Waals surface area contributed by atoms with Gasteiger partial charge < -0.3 is 14.9 Å². The number of carbonyl (C=O) groups excluding carboxylic acids is 1. The standard InChI is InChI=1S/C13H18N2O6/c1-13(2,3)21-12(20)15-6-9(14-7-15)8(4-10(16)17)5-11(18)19/h6-8H,4-5H2,1-3H3,(H,16,17)(H,18,19). The van der Waals surface area contributed by atoms with Gasteiger partial charge in [-0.15, -0.1) is 0 Å². The molecule has 116 valence electrons. The van der Waals surface area contributed by atoms with Crippen molar-refractivity contribution in [2.24, 2.45) is 0 Å². The highest BCUT2D eigenvalue weighted by molar-refractivity contribution is 5.73. The van der Waals surface area contributed by atoms with Crippen LogP contribution in [0.4, 0.5) is 4.79 Å². The van der Waals surface area contributed by atoms with Gasteiger partial charge in [0, 0.05) is 12.1 Å². The molecule has 0 aliphatic heterocycles. The average Bonchev–Trinajstić information content (AvgIpc) is 2.73. The summed E-state index contributed by atoms with van der Waals surface area (Å²) in [5.41, 5.74) is -0.450. The third-order valence-corrected chi connectivity index (χ3v) is 2.47. The number of hydrogen-bond acceptors (Lipinski definition) is 5. The SMILES string of the molecule is CC(C)(C)OC(=O)n1cnc(C(CC(=O)O)CC(=O)O)c1. The normalized spacial score (nSPS) is 11.4. The molecule has 0 saturated carbocycles. The van der Waals surface area contributed by atoms with Gasteiger partial charge in [0.2, 0.25) is 0 Å². The van der Waals surface area contributed by atoms with Crippen LogP contribution in [-0.4, -0.2) is 43.4 Å². The zero-order valence-corrected chi connectivity index (χ0v) is 12.1. The monoisotopic (exact) mass is 298 g/mol. The summed E-state index contributed by atoms with van der Waals surface area (Å²) in [6.45, 7) is 5.13. The zero-order valence-electron chi connectivity index (χ0n) is 12.1. The highest BCUT2D eigenvalue weighted by Gasteiger charge is 2.23. The second-order valence-corrected chi connectivity index (χ2v) is 5.58. The number of carboxylic acid groups (broad SMARTS) is 2. The lowest BCUT2D eigenvalue weighted by Crippen LogP contribution is -2.26. The molecule has 8 heteroatoms. The minimum Gasteiger partial charge on any atom is -0.481 e. The molecule has 2 N–H and O–H groups in total. The van der Waals surface area contributed by atoms with E-state index in [0.717, 1.165) is 4.57 Å². The van der Waals surface area contributed by atoms with Crippen LogP contribution in [0.25, 0.3) is 0 Å². The van der Waals surface area contributed by atoms with E-state index in [-0.39, 0.29) is 18.5 Å². The first-order valence-electron chi connectivity index (χ1n) is 6.29. The molecule has 1 heterocycles. The second kappa shape index (κ2) is 6.38. The van der Waals surface area contributed by atoms with E-state index >= 15 is 0 Å². The van der Waals surface area contributed by atoms with Crippen molar-refractivity contribution in [3.63, 3.8) is 0 Å². The van der Waals surface area contributed by atoms with Gasteiger partial charge in [-0.1, -0.05) is 0 Å². The van der Waals surface area contributed by atoms with Crippen LogP contribution < -0.4 is 0 Å². The van der Waals surface area contributed by atoms with Crippen LogP contribution in [0.1, 0.15) is 45.2 Å². The molecule has 0 spiro atoms. The van der Waals surface area contributed by atoms with Gasteiger partial charge in [0.1, 0.15) is 11.9 Å². The molecule has 0 aliphatic rings. The summed E-state index contributed by atoms with van der Waals surface area (Å²) in [5.74, 6) is -3.06. The van der Waals surface area contributed by atoms with E-state index in [1.165, 1.54) is 12.5 Å². The molecule has 0 atom stereocenters. The van der Waals surface area contributed by atoms with Crippen molar-refractivity contribution in [1.29, 1.82) is 0 Å². The van der Waals surface area contributed by atoms with Gasteiger partial charge >= 0.3 is 18.0 Å². The van der Waals surface area contributed by atoms with E-state index in [2.05, 4.69) is 4.98 Å². The fourth-order valence-electron chi connectivity index (χ4n) is 1.67. The van der Waals surface area contributed by atoms with Gasteiger partial charge in [0.15, 0.2) is 0 Å². The van der Waals surface area contributed by atoms with E-state index in [1.54, 1.807) is 20.8 Å².